The van der Waals surface area contributed by atoms with Gasteiger partial charge in [-0.15, -0.1) is 12.4 Å². The third-order valence-corrected chi connectivity index (χ3v) is 5.36. The molecule has 158 valence electrons. The predicted octanol–water partition coefficient (Wildman–Crippen LogP) is 5.16. The Morgan fingerprint density at radius 3 is 2.55 bits per heavy atom. The van der Waals surface area contributed by atoms with Gasteiger partial charge in [-0.25, -0.2) is 0 Å². The Labute approximate surface area is 181 Å². The number of hydrogen-bond donors (Lipinski definition) is 1. The van der Waals surface area contributed by atoms with Crippen LogP contribution in [0.5, 0.6) is 5.75 Å². The zero-order chi connectivity index (χ0) is 19.8. The second-order valence-electron chi connectivity index (χ2n) is 7.61. The van der Waals surface area contributed by atoms with E-state index in [1.54, 1.807) is 0 Å². The van der Waals surface area contributed by atoms with Crippen LogP contribution in [0.25, 0.3) is 0 Å². The molecule has 0 radical (unpaired) electrons. The summed E-state index contributed by atoms with van der Waals surface area (Å²) in [5, 5.41) is 3.15. The van der Waals surface area contributed by atoms with Gasteiger partial charge in [-0.05, 0) is 63.0 Å². The first-order chi connectivity index (χ1) is 13.7. The third-order valence-electron chi connectivity index (χ3n) is 5.36. The fraction of sp³-hybridized carbons (Fsp3) is 0.458. The summed E-state index contributed by atoms with van der Waals surface area (Å²) >= 11 is 0. The van der Waals surface area contributed by atoms with Crippen LogP contribution in [0, 0.1) is 6.92 Å². The van der Waals surface area contributed by atoms with Gasteiger partial charge < -0.3 is 10.1 Å². The van der Waals surface area contributed by atoms with Crippen molar-refractivity contribution in [1.29, 1.82) is 0 Å². The molecule has 3 rings (SSSR count). The molecule has 0 bridgehead atoms. The van der Waals surface area contributed by atoms with E-state index in [9.17, 15) is 4.79 Å². The number of amides is 1. The lowest BCUT2D eigenvalue weighted by atomic mass is 10.0. The van der Waals surface area contributed by atoms with E-state index < -0.39 is 0 Å². The number of halogens is 1. The Bertz CT molecular complexity index is 758. The van der Waals surface area contributed by atoms with E-state index in [-0.39, 0.29) is 24.4 Å². The number of carbonyl (C=O) groups is 1. The van der Waals surface area contributed by atoms with Gasteiger partial charge in [-0.1, -0.05) is 49.2 Å². The topological polar surface area (TPSA) is 41.6 Å². The van der Waals surface area contributed by atoms with Gasteiger partial charge in [0.2, 0.25) is 0 Å². The van der Waals surface area contributed by atoms with Crippen molar-refractivity contribution >= 4 is 18.3 Å². The molecule has 2 aromatic rings. The molecule has 0 aliphatic carbocycles. The third kappa shape index (κ3) is 6.76. The smallest absolute Gasteiger partial charge is 0.251 e. The summed E-state index contributed by atoms with van der Waals surface area (Å²) in [6, 6.07) is 16.4. The minimum absolute atomic E-state index is 0. The number of hydrogen-bond acceptors (Lipinski definition) is 3. The second kappa shape index (κ2) is 11.8. The first-order valence-corrected chi connectivity index (χ1v) is 10.5. The molecule has 1 atom stereocenters. The number of ether oxygens (including phenoxy) is 1. The molecule has 5 heteroatoms. The molecule has 2 aromatic carbocycles. The summed E-state index contributed by atoms with van der Waals surface area (Å²) in [5.74, 6) is 0.716. The number of benzene rings is 2. The van der Waals surface area contributed by atoms with Gasteiger partial charge in [0.25, 0.3) is 5.91 Å². The standard InChI is InChI=1S/C24H32N2O2.ClH/c1-3-4-16-28-22-9-7-8-21(17-22)24(27)25-18-23(26-14-5-6-15-26)20-12-10-19(2)11-13-20;/h7-13,17,23H,3-6,14-16,18H2,1-2H3,(H,25,27);1H. The van der Waals surface area contributed by atoms with E-state index in [0.717, 1.165) is 31.7 Å². The molecule has 1 unspecified atom stereocenters. The van der Waals surface area contributed by atoms with Gasteiger partial charge in [0.05, 0.1) is 12.6 Å². The Balaban J connectivity index is 0.00000300. The van der Waals surface area contributed by atoms with Crippen LogP contribution >= 0.6 is 12.4 Å². The number of nitrogens with one attached hydrogen (secondary N) is 1. The van der Waals surface area contributed by atoms with Gasteiger partial charge in [-0.2, -0.15) is 0 Å². The normalized spacial score (nSPS) is 14.8. The maximum atomic E-state index is 12.7. The SMILES string of the molecule is CCCCOc1cccc(C(=O)NCC(c2ccc(C)cc2)N2CCCC2)c1.Cl. The largest absolute Gasteiger partial charge is 0.494 e. The molecule has 1 saturated heterocycles. The molecular weight excluding hydrogens is 384 g/mol. The number of likely N-dealkylation sites (tertiary alicyclic amines) is 1. The molecule has 0 aromatic heterocycles. The fourth-order valence-corrected chi connectivity index (χ4v) is 3.65. The monoisotopic (exact) mass is 416 g/mol. The molecular formula is C24H33ClN2O2. The van der Waals surface area contributed by atoms with Crippen LogP contribution in [0.4, 0.5) is 0 Å². The molecule has 1 amide bonds. The molecule has 0 saturated carbocycles. The first kappa shape index (κ1) is 23.2. The Morgan fingerprint density at radius 1 is 1.14 bits per heavy atom. The lowest BCUT2D eigenvalue weighted by Crippen LogP contribution is -2.36. The van der Waals surface area contributed by atoms with Crippen LogP contribution in [0.1, 0.15) is 60.1 Å². The zero-order valence-corrected chi connectivity index (χ0v) is 18.3. The van der Waals surface area contributed by atoms with Gasteiger partial charge in [0, 0.05) is 12.1 Å². The van der Waals surface area contributed by atoms with Crippen LogP contribution in [-0.4, -0.2) is 37.0 Å². The van der Waals surface area contributed by atoms with Gasteiger partial charge in [0.1, 0.15) is 5.75 Å². The van der Waals surface area contributed by atoms with E-state index in [0.29, 0.717) is 18.7 Å². The van der Waals surface area contributed by atoms with Gasteiger partial charge in [-0.3, -0.25) is 9.69 Å². The highest BCUT2D eigenvalue weighted by Gasteiger charge is 2.24. The zero-order valence-electron chi connectivity index (χ0n) is 17.5. The molecule has 0 spiro atoms. The lowest BCUT2D eigenvalue weighted by Gasteiger charge is -2.28. The van der Waals surface area contributed by atoms with Crippen LogP contribution < -0.4 is 10.1 Å². The minimum Gasteiger partial charge on any atom is -0.494 e. The van der Waals surface area contributed by atoms with Crippen molar-refractivity contribution < 1.29 is 9.53 Å². The maximum absolute atomic E-state index is 12.7. The molecule has 1 aliphatic heterocycles. The fourth-order valence-electron chi connectivity index (χ4n) is 3.65. The van der Waals surface area contributed by atoms with E-state index >= 15 is 0 Å². The summed E-state index contributed by atoms with van der Waals surface area (Å²) in [4.78, 5) is 15.2. The van der Waals surface area contributed by atoms with Crippen molar-refractivity contribution in [1.82, 2.24) is 10.2 Å². The van der Waals surface area contributed by atoms with Crippen LogP contribution in [-0.2, 0) is 0 Å². The molecule has 29 heavy (non-hydrogen) atoms. The first-order valence-electron chi connectivity index (χ1n) is 10.5. The molecule has 4 nitrogen and oxygen atoms in total. The van der Waals surface area contributed by atoms with Gasteiger partial charge >= 0.3 is 0 Å². The minimum atomic E-state index is -0.0442. The maximum Gasteiger partial charge on any atom is 0.251 e. The summed E-state index contributed by atoms with van der Waals surface area (Å²) < 4.78 is 5.74. The second-order valence-corrected chi connectivity index (χ2v) is 7.61. The number of rotatable bonds is 9. The molecule has 1 heterocycles. The summed E-state index contributed by atoms with van der Waals surface area (Å²) in [6.07, 6.45) is 4.57. The van der Waals surface area contributed by atoms with Crippen LogP contribution in [0.15, 0.2) is 48.5 Å². The molecule has 1 N–H and O–H groups in total. The quantitative estimate of drug-likeness (QED) is 0.574. The van der Waals surface area contributed by atoms with E-state index in [2.05, 4.69) is 48.3 Å². The van der Waals surface area contributed by atoms with E-state index in [1.807, 2.05) is 24.3 Å². The van der Waals surface area contributed by atoms with Crippen LogP contribution in [0.2, 0.25) is 0 Å². The van der Waals surface area contributed by atoms with Crippen molar-refractivity contribution in [2.45, 2.75) is 45.6 Å². The number of carbonyl (C=O) groups excluding carboxylic acids is 1. The average Bonchev–Trinajstić information content (AvgIpc) is 3.24. The predicted molar refractivity (Wildman–Crippen MR) is 121 cm³/mol. The Hall–Kier alpha value is -2.04. The van der Waals surface area contributed by atoms with Crippen LogP contribution in [0.3, 0.4) is 0 Å². The summed E-state index contributed by atoms with van der Waals surface area (Å²) in [7, 11) is 0. The summed E-state index contributed by atoms with van der Waals surface area (Å²) in [6.45, 7) is 7.73. The number of unbranched alkanes of at least 4 members (excludes halogenated alkanes) is 1. The Kier molecular flexibility index (Phi) is 9.49. The van der Waals surface area contributed by atoms with E-state index in [1.165, 1.54) is 24.0 Å². The highest BCUT2D eigenvalue weighted by molar-refractivity contribution is 5.94. The van der Waals surface area contributed by atoms with Crippen molar-refractivity contribution in [2.75, 3.05) is 26.2 Å². The molecule has 1 fully saturated rings. The van der Waals surface area contributed by atoms with Crippen molar-refractivity contribution in [3.8, 4) is 5.75 Å². The Morgan fingerprint density at radius 2 is 1.86 bits per heavy atom. The van der Waals surface area contributed by atoms with E-state index in [4.69, 9.17) is 4.74 Å². The number of nitrogens with zero attached hydrogens (tertiary/aromatic N) is 1. The van der Waals surface area contributed by atoms with Gasteiger partial charge in [0.15, 0.2) is 0 Å². The number of aryl methyl sites for hydroxylation is 1. The average molecular weight is 417 g/mol. The summed E-state index contributed by atoms with van der Waals surface area (Å²) in [5.41, 5.74) is 3.18. The highest BCUT2D eigenvalue weighted by atomic mass is 35.5. The van der Waals surface area contributed by atoms with Crippen molar-refractivity contribution in [3.63, 3.8) is 0 Å². The van der Waals surface area contributed by atoms with Crippen molar-refractivity contribution in [3.05, 3.63) is 65.2 Å². The van der Waals surface area contributed by atoms with Crippen molar-refractivity contribution in [2.24, 2.45) is 0 Å². The molecule has 1 aliphatic rings. The lowest BCUT2D eigenvalue weighted by molar-refractivity contribution is 0.0937. The highest BCUT2D eigenvalue weighted by Crippen LogP contribution is 2.25.